The molecule has 0 aromatic rings. The van der Waals surface area contributed by atoms with Crippen LogP contribution in [-0.2, 0) is 4.79 Å². The van der Waals surface area contributed by atoms with E-state index in [0.717, 1.165) is 0 Å². The molecule has 0 spiro atoms. The maximum atomic E-state index is 8.89. The fourth-order valence-corrected chi connectivity index (χ4v) is 0. The zero-order valence-electron chi connectivity index (χ0n) is 1.91. The third-order valence-electron chi connectivity index (χ3n) is 0.0510. The van der Waals surface area contributed by atoms with Gasteiger partial charge in [-0.05, 0) is 5.45 Å². The Balaban J connectivity index is 3.95. The minimum atomic E-state index is 1.34. The Morgan fingerprint density at radius 3 is 2.00 bits per heavy atom. The molecule has 0 heterocycles. The van der Waals surface area contributed by atoms with Crippen molar-refractivity contribution >= 4 is 20.3 Å². The molecule has 20 valence electrons. The van der Waals surface area contributed by atoms with Gasteiger partial charge in [-0.3, -0.25) is 0 Å². The van der Waals surface area contributed by atoms with E-state index in [4.69, 9.17) is 4.79 Å². The molecule has 0 aliphatic carbocycles. The van der Waals surface area contributed by atoms with Crippen molar-refractivity contribution in [2.24, 2.45) is 0 Å². The first-order valence-electron chi connectivity index (χ1n) is 0.704. The van der Waals surface area contributed by atoms with Gasteiger partial charge in [0.05, 0.1) is 0 Å². The second-order valence-corrected chi connectivity index (χ2v) is 0.477. The highest BCUT2D eigenvalue weighted by Crippen LogP contribution is 1.29. The molecule has 4 heavy (non-hydrogen) atoms. The van der Waals surface area contributed by atoms with E-state index in [9.17, 15) is 0 Å². The summed E-state index contributed by atoms with van der Waals surface area (Å²) < 4.78 is 0. The van der Waals surface area contributed by atoms with Crippen molar-refractivity contribution in [2.45, 2.75) is 0 Å². The second kappa shape index (κ2) is 2.66. The molecule has 0 N–H and O–H groups in total. The molecule has 0 rings (SSSR count). The first kappa shape index (κ1) is 3.66. The van der Waals surface area contributed by atoms with E-state index < -0.39 is 0 Å². The topological polar surface area (TPSA) is 17.1 Å². The Morgan fingerprint density at radius 1 is 1.75 bits per heavy atom. The maximum absolute atomic E-state index is 8.89. The van der Waals surface area contributed by atoms with E-state index in [2.05, 4.69) is 8.86 Å². The molecule has 0 atom stereocenters. The van der Waals surface area contributed by atoms with Gasteiger partial charge in [-0.15, -0.1) is 0 Å². The minimum Gasteiger partial charge on any atom is -0.224 e. The van der Waals surface area contributed by atoms with Crippen molar-refractivity contribution in [1.29, 1.82) is 0 Å². The van der Waals surface area contributed by atoms with E-state index in [0.29, 0.717) is 0 Å². The van der Waals surface area contributed by atoms with Crippen LogP contribution < -0.4 is 0 Å². The van der Waals surface area contributed by atoms with Gasteiger partial charge in [-0.25, -0.2) is 4.79 Å². The van der Waals surface area contributed by atoms with Crippen LogP contribution in [0.5, 0.6) is 0 Å². The molecule has 0 amide bonds. The summed E-state index contributed by atoms with van der Waals surface area (Å²) in [6, 6.07) is 0. The summed E-state index contributed by atoms with van der Waals surface area (Å²) in [5, 5.41) is 0. The number of hydrogen-bond acceptors (Lipinski definition) is 1. The molecule has 0 radical (unpaired) electrons. The fraction of sp³-hybridized carbons (Fsp3) is 0. The van der Waals surface area contributed by atoms with Crippen LogP contribution in [-0.4, -0.2) is 11.4 Å². The molecule has 0 aliphatic rings. The Labute approximate surface area is 26.2 Å². The molecule has 0 aromatic carbocycles. The van der Waals surface area contributed by atoms with Gasteiger partial charge in [0.15, 0.2) is 5.94 Å². The maximum Gasteiger partial charge on any atom is 0.181 e. The normalized spacial score (nSPS) is 3.00. The van der Waals surface area contributed by atoms with Crippen molar-refractivity contribution in [1.82, 2.24) is 0 Å². The van der Waals surface area contributed by atoms with Gasteiger partial charge < -0.3 is 0 Å². The summed E-state index contributed by atoms with van der Waals surface area (Å²) in [5.74, 6) is 1.34. The Hall–Kier alpha value is -0.340. The van der Waals surface area contributed by atoms with Gasteiger partial charge >= 0.3 is 0 Å². The lowest BCUT2D eigenvalue weighted by molar-refractivity contribution is 0.571. The first-order valence-corrected chi connectivity index (χ1v) is 1.20. The number of rotatable bonds is 0. The summed E-state index contributed by atoms with van der Waals surface area (Å²) in [4.78, 5) is 8.89. The van der Waals surface area contributed by atoms with Crippen molar-refractivity contribution in [3.63, 3.8) is 0 Å². The summed E-state index contributed by atoms with van der Waals surface area (Å²) in [5.41, 5.74) is 1.93. The van der Waals surface area contributed by atoms with Crippen LogP contribution in [0.15, 0.2) is 0 Å². The molecule has 2 heteroatoms. The van der Waals surface area contributed by atoms with E-state index >= 15 is 0 Å². The lowest BCUT2D eigenvalue weighted by Gasteiger charge is -1.13. The summed E-state index contributed by atoms with van der Waals surface area (Å²) in [6.45, 7) is 0. The van der Waals surface area contributed by atoms with Crippen LogP contribution in [0.4, 0.5) is 0 Å². The largest absolute Gasteiger partial charge is 0.224 e. The third kappa shape index (κ3) is 1.66. The molecule has 1 nitrogen and oxygen atoms in total. The van der Waals surface area contributed by atoms with Crippen LogP contribution in [0, 0.1) is 0 Å². The molecule has 0 aromatic heterocycles. The Bertz CT molecular complexity index is 56.1. The third-order valence-corrected chi connectivity index (χ3v) is 0.153. The molecule has 0 fully saturated rings. The van der Waals surface area contributed by atoms with E-state index in [1.165, 1.54) is 5.94 Å². The van der Waals surface area contributed by atoms with Crippen LogP contribution in [0.3, 0.4) is 0 Å². The first-order chi connectivity index (χ1) is 1.91. The minimum absolute atomic E-state index is 1.34. The smallest absolute Gasteiger partial charge is 0.181 e. The zero-order valence-corrected chi connectivity index (χ0v) is 2.91. The molecule has 0 unspecified atom stereocenters. The zero-order chi connectivity index (χ0) is 3.41. The van der Waals surface area contributed by atoms with Crippen LogP contribution >= 0.6 is 8.86 Å². The van der Waals surface area contributed by atoms with Gasteiger partial charge in [0.1, 0.15) is 0 Å². The van der Waals surface area contributed by atoms with Crippen molar-refractivity contribution in [3.05, 3.63) is 0 Å². The monoisotopic (exact) mass is 72.0 g/mol. The lowest BCUT2D eigenvalue weighted by atomic mass is 11.2. The van der Waals surface area contributed by atoms with Gasteiger partial charge in [-0.1, -0.05) is 8.86 Å². The highest BCUT2D eigenvalue weighted by Gasteiger charge is 1.18. The SMILES string of the molecule is O=C=C=P. The fourth-order valence-electron chi connectivity index (χ4n) is 0. The van der Waals surface area contributed by atoms with E-state index in [1.807, 2.05) is 5.45 Å². The van der Waals surface area contributed by atoms with Gasteiger partial charge in [0.2, 0.25) is 0 Å². The lowest BCUT2D eigenvalue weighted by Crippen LogP contribution is -1.31. The molecule has 0 saturated heterocycles. The highest BCUT2D eigenvalue weighted by molar-refractivity contribution is 7.18. The van der Waals surface area contributed by atoms with Crippen molar-refractivity contribution < 1.29 is 4.79 Å². The molecular formula is C2HOP. The average molecular weight is 72.0 g/mol. The van der Waals surface area contributed by atoms with Crippen molar-refractivity contribution in [3.8, 4) is 0 Å². The summed E-state index contributed by atoms with van der Waals surface area (Å²) in [7, 11) is 2.61. The quantitative estimate of drug-likeness (QED) is 0.289. The van der Waals surface area contributed by atoms with Crippen LogP contribution in [0.25, 0.3) is 0 Å². The van der Waals surface area contributed by atoms with Crippen molar-refractivity contribution in [2.75, 3.05) is 0 Å². The summed E-state index contributed by atoms with van der Waals surface area (Å²) >= 11 is 0. The van der Waals surface area contributed by atoms with Gasteiger partial charge in [0.25, 0.3) is 0 Å². The molecule has 0 bridgehead atoms. The average Bonchev–Trinajstić information content (AvgIpc) is 1.37. The Kier molecular flexibility index (Phi) is 2.43. The highest BCUT2D eigenvalue weighted by atomic mass is 31.0. The number of carbonyl (C=O) groups excluding carboxylic acids is 1. The predicted molar refractivity (Wildman–Crippen MR) is 19.0 cm³/mol. The number of hydrogen-bond donors (Lipinski definition) is 0. The van der Waals surface area contributed by atoms with Gasteiger partial charge in [-0.2, -0.15) is 0 Å². The molecule has 0 saturated carbocycles. The van der Waals surface area contributed by atoms with Crippen LogP contribution in [0.2, 0.25) is 0 Å². The van der Waals surface area contributed by atoms with E-state index in [1.54, 1.807) is 0 Å². The standard InChI is InChI=1S/C2HOP/c3-1-2-4/h4H. The predicted octanol–water partition coefficient (Wildman–Crippen LogP) is -0.0819. The molecular weight excluding hydrogens is 71.0 g/mol. The summed E-state index contributed by atoms with van der Waals surface area (Å²) in [6.07, 6.45) is 0. The van der Waals surface area contributed by atoms with Gasteiger partial charge in [0, 0.05) is 0 Å². The second-order valence-electron chi connectivity index (χ2n) is 0.227. The molecule has 0 aliphatic heterocycles. The van der Waals surface area contributed by atoms with E-state index in [-0.39, 0.29) is 0 Å². The Morgan fingerprint density at radius 2 is 2.00 bits per heavy atom. The van der Waals surface area contributed by atoms with Crippen LogP contribution in [0.1, 0.15) is 0 Å².